The molecule has 1 unspecified atom stereocenters. The highest BCUT2D eigenvalue weighted by Gasteiger charge is 2.33. The van der Waals surface area contributed by atoms with Crippen LogP contribution in [0.25, 0.3) is 0 Å². The number of hydrogen-bond donors (Lipinski definition) is 1. The lowest BCUT2D eigenvalue weighted by Gasteiger charge is -2.21. The third kappa shape index (κ3) is 2.07. The van der Waals surface area contributed by atoms with E-state index < -0.39 is 7.49 Å². The van der Waals surface area contributed by atoms with Gasteiger partial charge in [-0.25, -0.2) is 0 Å². The molecule has 1 rings (SSSR count). The van der Waals surface area contributed by atoms with Crippen LogP contribution in [-0.4, -0.2) is 23.9 Å². The molecule has 2 heteroatoms. The van der Waals surface area contributed by atoms with Crippen molar-refractivity contribution in [2.75, 3.05) is 19.0 Å². The fourth-order valence-electron chi connectivity index (χ4n) is 1.48. The highest BCUT2D eigenvalue weighted by atomic mass is 31.2. The van der Waals surface area contributed by atoms with Crippen molar-refractivity contribution in [3.05, 3.63) is 11.6 Å². The highest BCUT2D eigenvalue weighted by Crippen LogP contribution is 2.55. The fourth-order valence-corrected chi connectivity index (χ4v) is 3.69. The van der Waals surface area contributed by atoms with E-state index in [0.717, 1.165) is 12.3 Å². The Bertz CT molecular complexity index is 149. The lowest BCUT2D eigenvalue weighted by molar-refractivity contribution is 0.594. The number of hydrogen-bond acceptors (Lipinski definition) is 1. The van der Waals surface area contributed by atoms with Crippen LogP contribution in [0.3, 0.4) is 0 Å². The molecular formula is C8H16OP+. The van der Waals surface area contributed by atoms with Crippen LogP contribution in [0, 0.1) is 0 Å². The largest absolute Gasteiger partial charge is 0.252 e. The smallest absolute Gasteiger partial charge is 0.143 e. The summed E-state index contributed by atoms with van der Waals surface area (Å²) in [5.41, 5.74) is 1.46. The molecule has 0 aromatic carbocycles. The van der Waals surface area contributed by atoms with Crippen LogP contribution >= 0.6 is 7.49 Å². The second kappa shape index (κ2) is 3.02. The van der Waals surface area contributed by atoms with Gasteiger partial charge in [0.25, 0.3) is 0 Å². The third-order valence-electron chi connectivity index (χ3n) is 2.09. The van der Waals surface area contributed by atoms with E-state index in [4.69, 9.17) is 0 Å². The molecule has 1 atom stereocenters. The average Bonchev–Trinajstić information content (AvgIpc) is 1.86. The zero-order valence-electron chi connectivity index (χ0n) is 6.80. The van der Waals surface area contributed by atoms with Crippen LogP contribution in [-0.2, 0) is 0 Å². The van der Waals surface area contributed by atoms with Crippen molar-refractivity contribution < 1.29 is 4.89 Å². The molecule has 0 saturated carbocycles. The maximum atomic E-state index is 9.75. The van der Waals surface area contributed by atoms with Crippen molar-refractivity contribution in [2.45, 2.75) is 19.8 Å². The van der Waals surface area contributed by atoms with Gasteiger partial charge in [-0.05, 0) is 25.3 Å². The Kier molecular flexibility index (Phi) is 2.49. The summed E-state index contributed by atoms with van der Waals surface area (Å²) < 4.78 is 0. The van der Waals surface area contributed by atoms with Gasteiger partial charge in [0.1, 0.15) is 13.7 Å². The predicted octanol–water partition coefficient (Wildman–Crippen LogP) is 2.28. The molecule has 1 heterocycles. The number of allylic oxidation sites excluding steroid dienone is 2. The first kappa shape index (κ1) is 8.23. The van der Waals surface area contributed by atoms with Crippen LogP contribution in [0.4, 0.5) is 0 Å². The van der Waals surface area contributed by atoms with E-state index in [1.807, 2.05) is 6.66 Å². The van der Waals surface area contributed by atoms with Crippen molar-refractivity contribution in [3.8, 4) is 0 Å². The molecule has 0 spiro atoms. The lowest BCUT2D eigenvalue weighted by Crippen LogP contribution is -2.10. The van der Waals surface area contributed by atoms with E-state index in [1.54, 1.807) is 0 Å². The highest BCUT2D eigenvalue weighted by molar-refractivity contribution is 7.69. The molecule has 1 fully saturated rings. The lowest BCUT2D eigenvalue weighted by atomic mass is 10.2. The van der Waals surface area contributed by atoms with E-state index >= 15 is 0 Å². The Morgan fingerprint density at radius 1 is 1.60 bits per heavy atom. The first-order valence-electron chi connectivity index (χ1n) is 3.85. The molecule has 0 radical (unpaired) electrons. The first-order chi connectivity index (χ1) is 4.64. The Balaban J connectivity index is 2.56. The molecule has 58 valence electrons. The van der Waals surface area contributed by atoms with Crippen LogP contribution in [0.15, 0.2) is 11.6 Å². The summed E-state index contributed by atoms with van der Waals surface area (Å²) in [5.74, 6) is 0. The van der Waals surface area contributed by atoms with Gasteiger partial charge >= 0.3 is 0 Å². The van der Waals surface area contributed by atoms with Crippen LogP contribution in [0.5, 0.6) is 0 Å². The minimum Gasteiger partial charge on any atom is -0.252 e. The quantitative estimate of drug-likeness (QED) is 0.424. The Hall–Kier alpha value is 0.130. The minimum atomic E-state index is -1.48. The average molecular weight is 159 g/mol. The summed E-state index contributed by atoms with van der Waals surface area (Å²) in [6.45, 7) is 4.11. The van der Waals surface area contributed by atoms with Gasteiger partial charge in [-0.2, -0.15) is 0 Å². The van der Waals surface area contributed by atoms with E-state index in [2.05, 4.69) is 13.0 Å². The standard InChI is InChI=1S/C8H16OP/c1-3-8-5-4-6-10(2,9)7-8/h3,9H,4-7H2,1-2H3/q+1/b8-3-. The van der Waals surface area contributed by atoms with Crippen molar-refractivity contribution in [1.29, 1.82) is 0 Å². The van der Waals surface area contributed by atoms with E-state index in [9.17, 15) is 4.89 Å². The van der Waals surface area contributed by atoms with E-state index in [-0.39, 0.29) is 0 Å². The van der Waals surface area contributed by atoms with Crippen molar-refractivity contribution in [1.82, 2.24) is 0 Å². The Morgan fingerprint density at radius 2 is 2.30 bits per heavy atom. The molecule has 1 aliphatic rings. The third-order valence-corrected chi connectivity index (χ3v) is 4.46. The van der Waals surface area contributed by atoms with Gasteiger partial charge in [0.2, 0.25) is 0 Å². The summed E-state index contributed by atoms with van der Waals surface area (Å²) in [7, 11) is -1.48. The number of rotatable bonds is 0. The molecule has 0 bridgehead atoms. The van der Waals surface area contributed by atoms with Gasteiger partial charge in [-0.1, -0.05) is 6.08 Å². The molecular weight excluding hydrogens is 143 g/mol. The molecule has 1 N–H and O–H groups in total. The molecule has 0 aromatic rings. The van der Waals surface area contributed by atoms with E-state index in [1.165, 1.54) is 18.4 Å². The maximum absolute atomic E-state index is 9.75. The minimum absolute atomic E-state index is 0.990. The summed E-state index contributed by atoms with van der Waals surface area (Å²) >= 11 is 0. The second-order valence-corrected chi connectivity index (χ2v) is 6.71. The van der Waals surface area contributed by atoms with Gasteiger partial charge in [0.05, 0.1) is 12.8 Å². The molecule has 1 nitrogen and oxygen atoms in total. The van der Waals surface area contributed by atoms with Crippen LogP contribution in [0.2, 0.25) is 0 Å². The normalized spacial score (nSPS) is 38.5. The molecule has 0 amide bonds. The van der Waals surface area contributed by atoms with Gasteiger partial charge in [0, 0.05) is 0 Å². The molecule has 0 aromatic heterocycles. The maximum Gasteiger partial charge on any atom is 0.143 e. The predicted molar refractivity (Wildman–Crippen MR) is 47.8 cm³/mol. The van der Waals surface area contributed by atoms with Crippen molar-refractivity contribution in [3.63, 3.8) is 0 Å². The summed E-state index contributed by atoms with van der Waals surface area (Å²) in [6, 6.07) is 0. The van der Waals surface area contributed by atoms with Gasteiger partial charge in [-0.3, -0.25) is 4.89 Å². The van der Waals surface area contributed by atoms with Crippen LogP contribution in [0.1, 0.15) is 19.8 Å². The SMILES string of the molecule is C/C=C1/CCC[P+](C)(O)C1. The molecule has 1 saturated heterocycles. The summed E-state index contributed by atoms with van der Waals surface area (Å²) in [4.78, 5) is 9.75. The summed E-state index contributed by atoms with van der Waals surface area (Å²) in [5, 5.41) is 0. The summed E-state index contributed by atoms with van der Waals surface area (Å²) in [6.07, 6.45) is 6.63. The van der Waals surface area contributed by atoms with Crippen LogP contribution < -0.4 is 0 Å². The molecule has 1 aliphatic heterocycles. The van der Waals surface area contributed by atoms with Gasteiger partial charge in [0.15, 0.2) is 0 Å². The topological polar surface area (TPSA) is 20.2 Å². The molecule has 10 heavy (non-hydrogen) atoms. The monoisotopic (exact) mass is 159 g/mol. The zero-order chi connectivity index (χ0) is 7.61. The van der Waals surface area contributed by atoms with Crippen molar-refractivity contribution in [2.24, 2.45) is 0 Å². The Labute approximate surface area is 63.6 Å². The van der Waals surface area contributed by atoms with Crippen molar-refractivity contribution >= 4 is 7.49 Å². The fraction of sp³-hybridized carbons (Fsp3) is 0.750. The second-order valence-electron chi connectivity index (χ2n) is 3.27. The zero-order valence-corrected chi connectivity index (χ0v) is 7.69. The van der Waals surface area contributed by atoms with Gasteiger partial charge in [-0.15, -0.1) is 0 Å². The Morgan fingerprint density at radius 3 is 2.70 bits per heavy atom. The van der Waals surface area contributed by atoms with Gasteiger partial charge < -0.3 is 0 Å². The van der Waals surface area contributed by atoms with E-state index in [0.29, 0.717) is 0 Å². The molecule has 0 aliphatic carbocycles. The first-order valence-corrected chi connectivity index (χ1v) is 6.41.